The summed E-state index contributed by atoms with van der Waals surface area (Å²) < 4.78 is 0. The first-order valence-corrected chi connectivity index (χ1v) is 15.0. The van der Waals surface area contributed by atoms with Crippen LogP contribution in [-0.4, -0.2) is 90.0 Å². The number of nitrogens with zero attached hydrogens (tertiary/aromatic N) is 2. The Labute approximate surface area is 255 Å². The highest BCUT2D eigenvalue weighted by molar-refractivity contribution is 6.32. The van der Waals surface area contributed by atoms with Crippen molar-refractivity contribution in [2.75, 3.05) is 33.1 Å². The highest BCUT2D eigenvalue weighted by Gasteiger charge is 2.69. The van der Waals surface area contributed by atoms with Gasteiger partial charge in [0.2, 0.25) is 5.91 Å². The number of fused-ring (bicyclic) bond motifs is 4. The molecule has 4 aliphatic rings. The molecule has 0 spiro atoms. The number of hydrogen-bond acceptors (Lipinski definition) is 10. The molecule has 2 saturated carbocycles. The van der Waals surface area contributed by atoms with Gasteiger partial charge in [-0.1, -0.05) is 24.3 Å². The average molecular weight is 603 g/mol. The van der Waals surface area contributed by atoms with Gasteiger partial charge in [0.15, 0.2) is 34.7 Å². The van der Waals surface area contributed by atoms with Crippen molar-refractivity contribution in [3.8, 4) is 5.75 Å². The van der Waals surface area contributed by atoms with Crippen LogP contribution in [0.5, 0.6) is 5.75 Å². The van der Waals surface area contributed by atoms with Crippen LogP contribution in [0.25, 0.3) is 0 Å². The number of Topliss-reactive ketones (excluding diaryl/α,β-unsaturated/α-hetero) is 4. The number of nitrogens with two attached hydrogens (primary N) is 1. The molecule has 1 amide bonds. The minimum atomic E-state index is -2.74. The first-order chi connectivity index (χ1) is 20.8. The number of nitrogens with one attached hydrogen (secondary N) is 1. The molecular formula is C33H38N4O7. The molecule has 0 heterocycles. The number of hydrogen-bond donors (Lipinski definition) is 4. The largest absolute Gasteiger partial charge is 0.507 e. The molecule has 0 saturated heterocycles. The third-order valence-electron chi connectivity index (χ3n) is 10.2. The van der Waals surface area contributed by atoms with Crippen LogP contribution >= 0.6 is 0 Å². The van der Waals surface area contributed by atoms with Crippen LogP contribution in [-0.2, 0) is 45.0 Å². The van der Waals surface area contributed by atoms with Gasteiger partial charge in [-0.05, 0) is 74.0 Å². The van der Waals surface area contributed by atoms with E-state index < -0.39 is 64.4 Å². The Hall–Kier alpha value is -3.93. The number of aromatic hydroxyl groups is 1. The van der Waals surface area contributed by atoms with Gasteiger partial charge in [0.05, 0.1) is 17.5 Å². The third kappa shape index (κ3) is 4.32. The van der Waals surface area contributed by atoms with E-state index in [9.17, 15) is 34.2 Å². The van der Waals surface area contributed by atoms with E-state index in [1.54, 1.807) is 20.2 Å². The number of carbonyl (C=O) groups is 5. The molecule has 11 nitrogen and oxygen atoms in total. The number of amides is 1. The van der Waals surface area contributed by atoms with Gasteiger partial charge in [-0.15, -0.1) is 0 Å². The number of ketones is 4. The van der Waals surface area contributed by atoms with E-state index in [0.29, 0.717) is 12.1 Å². The second-order valence-corrected chi connectivity index (χ2v) is 13.2. The number of anilines is 1. The minimum absolute atomic E-state index is 0.00248. The number of phenols is 1. The molecule has 2 unspecified atom stereocenters. The molecule has 6 atom stereocenters. The molecule has 5 N–H and O–H groups in total. The minimum Gasteiger partial charge on any atom is -0.507 e. The first-order valence-electron chi connectivity index (χ1n) is 15.0. The molecule has 0 radical (unpaired) electrons. The van der Waals surface area contributed by atoms with Crippen molar-refractivity contribution in [3.05, 3.63) is 58.1 Å². The molecule has 44 heavy (non-hydrogen) atoms. The topological polar surface area (TPSA) is 170 Å². The Balaban J connectivity index is 1.37. The summed E-state index contributed by atoms with van der Waals surface area (Å²) in [6, 6.07) is 8.95. The van der Waals surface area contributed by atoms with Gasteiger partial charge in [-0.25, -0.2) is 0 Å². The van der Waals surface area contributed by atoms with E-state index in [1.165, 1.54) is 16.0 Å². The lowest BCUT2D eigenvalue weighted by atomic mass is 9.52. The summed E-state index contributed by atoms with van der Waals surface area (Å²) in [5.74, 6) is -10.5. The van der Waals surface area contributed by atoms with E-state index in [-0.39, 0.29) is 30.2 Å². The highest BCUT2D eigenvalue weighted by Crippen LogP contribution is 2.52. The van der Waals surface area contributed by atoms with Crippen molar-refractivity contribution in [1.29, 1.82) is 0 Å². The standard InChI is InChI=1S/C33H38N4O7/c1-36(2)26-18(14-35-19-9-15-7-5-6-8-16(15)10-19)13-22(38)24-20(26)11-17-12-21-27(37(3)4)29(40)25(32(34)43)31(42)33(21,44)30(41)23(17)28(24)39/h5-8,13,17,19,21,23,25,27,35,38,44H,9-12,14H2,1-4H3,(H2,34,43)/t17-,21-,23?,25?,27-,33-/m0/s1. The molecule has 4 aliphatic carbocycles. The normalized spacial score (nSPS) is 29.7. The van der Waals surface area contributed by atoms with E-state index in [0.717, 1.165) is 24.1 Å². The Morgan fingerprint density at radius 3 is 2.23 bits per heavy atom. The molecule has 0 aliphatic heterocycles. The Bertz CT molecular complexity index is 1590. The number of primary amides is 1. The monoisotopic (exact) mass is 602 g/mol. The zero-order valence-electron chi connectivity index (χ0n) is 25.3. The Morgan fingerprint density at radius 1 is 1.02 bits per heavy atom. The fraction of sp³-hybridized carbons (Fsp3) is 0.485. The van der Waals surface area contributed by atoms with Crippen LogP contribution in [0.1, 0.15) is 39.0 Å². The SMILES string of the molecule is CN(C)c1c(CNC2Cc3ccccc3C2)cc(O)c2c1C[C@H]1C[C@H]3[C@H](N(C)C)C(=O)C(C(N)=O)C(=O)[C@@]3(O)C(=O)C1C2=O. The summed E-state index contributed by atoms with van der Waals surface area (Å²) in [6.45, 7) is 0.441. The Kier molecular flexibility index (Phi) is 7.26. The molecule has 2 fully saturated rings. The second kappa shape index (κ2) is 10.6. The van der Waals surface area contributed by atoms with Crippen LogP contribution in [0.15, 0.2) is 30.3 Å². The number of carbonyl (C=O) groups excluding carboxylic acids is 5. The summed E-state index contributed by atoms with van der Waals surface area (Å²) in [6.07, 6.45) is 2.01. The predicted octanol–water partition coefficient (Wildman–Crippen LogP) is 0.190. The van der Waals surface area contributed by atoms with Gasteiger partial charge < -0.3 is 26.2 Å². The number of aliphatic hydroxyl groups is 1. The number of benzene rings is 2. The van der Waals surface area contributed by atoms with Crippen LogP contribution < -0.4 is 16.0 Å². The molecule has 232 valence electrons. The number of rotatable bonds is 6. The zero-order chi connectivity index (χ0) is 31.8. The Morgan fingerprint density at radius 2 is 1.66 bits per heavy atom. The van der Waals surface area contributed by atoms with Crippen molar-refractivity contribution in [2.24, 2.45) is 29.4 Å². The van der Waals surface area contributed by atoms with E-state index >= 15 is 0 Å². The first kappa shape index (κ1) is 30.1. The quantitative estimate of drug-likeness (QED) is 0.335. The molecule has 2 aromatic rings. The van der Waals surface area contributed by atoms with Gasteiger partial charge in [0.25, 0.3) is 0 Å². The fourth-order valence-corrected chi connectivity index (χ4v) is 8.38. The van der Waals surface area contributed by atoms with Crippen molar-refractivity contribution in [3.63, 3.8) is 0 Å². The van der Waals surface area contributed by atoms with Crippen LogP contribution in [0.4, 0.5) is 5.69 Å². The van der Waals surface area contributed by atoms with Crippen LogP contribution in [0, 0.1) is 23.7 Å². The summed E-state index contributed by atoms with van der Waals surface area (Å²) >= 11 is 0. The fourth-order valence-electron chi connectivity index (χ4n) is 8.38. The van der Waals surface area contributed by atoms with Gasteiger partial charge in [-0.2, -0.15) is 0 Å². The van der Waals surface area contributed by atoms with Gasteiger partial charge in [0, 0.05) is 38.3 Å². The lowest BCUT2D eigenvalue weighted by Crippen LogP contribution is -2.74. The third-order valence-corrected chi connectivity index (χ3v) is 10.2. The molecule has 0 bridgehead atoms. The van der Waals surface area contributed by atoms with E-state index in [1.807, 2.05) is 31.1 Å². The average Bonchev–Trinajstić information content (AvgIpc) is 3.36. The van der Waals surface area contributed by atoms with Crippen molar-refractivity contribution < 1.29 is 34.2 Å². The summed E-state index contributed by atoms with van der Waals surface area (Å²) in [7, 11) is 6.85. The molecule has 11 heteroatoms. The van der Waals surface area contributed by atoms with Gasteiger partial charge >= 0.3 is 0 Å². The van der Waals surface area contributed by atoms with E-state index in [4.69, 9.17) is 5.73 Å². The molecule has 2 aromatic carbocycles. The smallest absolute Gasteiger partial charge is 0.235 e. The van der Waals surface area contributed by atoms with E-state index in [2.05, 4.69) is 17.4 Å². The number of phenolic OH excluding ortho intramolecular Hbond substituents is 1. The maximum Gasteiger partial charge on any atom is 0.235 e. The maximum atomic E-state index is 14.1. The van der Waals surface area contributed by atoms with Crippen molar-refractivity contribution >= 4 is 34.7 Å². The summed E-state index contributed by atoms with van der Waals surface area (Å²) in [5, 5.41) is 26.6. The zero-order valence-corrected chi connectivity index (χ0v) is 25.3. The maximum absolute atomic E-state index is 14.1. The van der Waals surface area contributed by atoms with Gasteiger partial charge in [0.1, 0.15) is 5.75 Å². The highest BCUT2D eigenvalue weighted by atomic mass is 16.3. The van der Waals surface area contributed by atoms with Crippen molar-refractivity contribution in [1.82, 2.24) is 10.2 Å². The molecule has 0 aromatic heterocycles. The summed E-state index contributed by atoms with van der Waals surface area (Å²) in [4.78, 5) is 70.5. The lowest BCUT2D eigenvalue weighted by Gasteiger charge is -2.52. The molecule has 6 rings (SSSR count). The van der Waals surface area contributed by atoms with Crippen LogP contribution in [0.3, 0.4) is 0 Å². The lowest BCUT2D eigenvalue weighted by molar-refractivity contribution is -0.181. The van der Waals surface area contributed by atoms with Gasteiger partial charge in [-0.3, -0.25) is 28.9 Å². The summed E-state index contributed by atoms with van der Waals surface area (Å²) in [5.41, 5.74) is 7.42. The second-order valence-electron chi connectivity index (χ2n) is 13.2. The van der Waals surface area contributed by atoms with Crippen molar-refractivity contribution in [2.45, 2.75) is 49.9 Å². The predicted molar refractivity (Wildman–Crippen MR) is 160 cm³/mol. The number of likely N-dealkylation sites (N-methyl/N-ethyl adjacent to an activating group) is 1. The van der Waals surface area contributed by atoms with Crippen LogP contribution in [0.2, 0.25) is 0 Å². The molecular weight excluding hydrogens is 564 g/mol.